The molecule has 0 saturated heterocycles. The van der Waals surface area contributed by atoms with Gasteiger partial charge in [-0.25, -0.2) is 0 Å². The molecule has 0 aliphatic heterocycles. The van der Waals surface area contributed by atoms with Crippen molar-refractivity contribution in [3.05, 3.63) is 24.8 Å². The second kappa shape index (κ2) is 18.8. The zero-order valence-corrected chi connectivity index (χ0v) is 19.7. The van der Waals surface area contributed by atoms with Gasteiger partial charge in [-0.05, 0) is 15.2 Å². The van der Waals surface area contributed by atoms with Gasteiger partial charge in [-0.1, -0.05) is 24.8 Å². The molecular formula is C4H6Na4O6P2. The summed E-state index contributed by atoms with van der Waals surface area (Å²) < 4.78 is 18.7. The molecule has 0 amide bonds. The van der Waals surface area contributed by atoms with Crippen LogP contribution in [-0.4, -0.2) is 0 Å². The van der Waals surface area contributed by atoms with Gasteiger partial charge in [0.1, 0.15) is 0 Å². The van der Waals surface area contributed by atoms with Crippen LogP contribution in [0.2, 0.25) is 0 Å². The average Bonchev–Trinajstić information content (AvgIpc) is 1.86. The number of hydrogen-bond acceptors (Lipinski definition) is 6. The topological polar surface area (TPSA) is 126 Å². The van der Waals surface area contributed by atoms with Crippen molar-refractivity contribution in [3.8, 4) is 0 Å². The van der Waals surface area contributed by atoms with Gasteiger partial charge >= 0.3 is 118 Å². The molecule has 6 nitrogen and oxygen atoms in total. The predicted octanol–water partition coefficient (Wildman–Crippen LogP) is -13.9. The Bertz CT molecular complexity index is 221. The fraction of sp³-hybridized carbons (Fsp3) is 0. The van der Waals surface area contributed by atoms with Crippen LogP contribution in [0.4, 0.5) is 0 Å². The molecule has 0 aromatic carbocycles. The summed E-state index contributed by atoms with van der Waals surface area (Å²) in [6.07, 6.45) is 0. The van der Waals surface area contributed by atoms with Crippen molar-refractivity contribution in [2.45, 2.75) is 0 Å². The standard InChI is InChI=1S/2C2H5O3P.4Na/c2*1-2-6(3,4)5;;;;/h2*2H,1H2,(H2,3,4,5);;;;/q;;4*+1/p-4. The third-order valence-electron chi connectivity index (χ3n) is 0.447. The average molecular weight is 304 g/mol. The Morgan fingerprint density at radius 3 is 0.750 bits per heavy atom. The Kier molecular flexibility index (Phi) is 43.1. The summed E-state index contributed by atoms with van der Waals surface area (Å²) in [5.74, 6) is 0.764. The molecule has 12 heteroatoms. The Labute approximate surface area is 183 Å². The normalized spacial score (nSPS) is 8.25. The van der Waals surface area contributed by atoms with Crippen molar-refractivity contribution in [2.75, 3.05) is 0 Å². The molecule has 16 heavy (non-hydrogen) atoms. The number of hydrogen-bond donors (Lipinski definition) is 0. The maximum absolute atomic E-state index is 9.35. The van der Waals surface area contributed by atoms with Crippen molar-refractivity contribution in [2.24, 2.45) is 0 Å². The fourth-order valence-corrected chi connectivity index (χ4v) is 0. The molecule has 0 saturated carbocycles. The third kappa shape index (κ3) is 52.3. The molecule has 72 valence electrons. The molecule has 0 fully saturated rings. The van der Waals surface area contributed by atoms with Crippen LogP contribution in [0.5, 0.6) is 0 Å². The molecular weight excluding hydrogens is 298 g/mol. The predicted molar refractivity (Wildman–Crippen MR) is 35.6 cm³/mol. The van der Waals surface area contributed by atoms with Gasteiger partial charge in [-0.15, -0.1) is 0 Å². The first-order valence-electron chi connectivity index (χ1n) is 2.43. The molecule has 0 aliphatic carbocycles. The Morgan fingerprint density at radius 2 is 0.750 bits per heavy atom. The summed E-state index contributed by atoms with van der Waals surface area (Å²) in [6, 6.07) is 0. The first-order chi connectivity index (χ1) is 5.12. The molecule has 0 unspecified atom stereocenters. The van der Waals surface area contributed by atoms with Gasteiger partial charge < -0.3 is 28.7 Å². The molecule has 0 aliphatic rings. The van der Waals surface area contributed by atoms with Crippen LogP contribution in [0.3, 0.4) is 0 Å². The molecule has 0 bridgehead atoms. The van der Waals surface area contributed by atoms with Gasteiger partial charge in [0.25, 0.3) is 0 Å². The summed E-state index contributed by atoms with van der Waals surface area (Å²) in [5.41, 5.74) is 0. The van der Waals surface area contributed by atoms with E-state index in [0.717, 1.165) is 0 Å². The van der Waals surface area contributed by atoms with Crippen molar-refractivity contribution in [1.82, 2.24) is 0 Å². The zero-order valence-electron chi connectivity index (χ0n) is 9.91. The SMILES string of the molecule is C=CP(=O)([O-])[O-].C=CP(=O)([O-])[O-].[Na+].[Na+].[Na+].[Na+]. The van der Waals surface area contributed by atoms with E-state index >= 15 is 0 Å². The molecule has 0 spiro atoms. The van der Waals surface area contributed by atoms with Gasteiger partial charge in [0, 0.05) is 0 Å². The van der Waals surface area contributed by atoms with Gasteiger partial charge in [-0.2, -0.15) is 0 Å². The van der Waals surface area contributed by atoms with Crippen LogP contribution in [0.1, 0.15) is 0 Å². The van der Waals surface area contributed by atoms with E-state index in [4.69, 9.17) is 0 Å². The summed E-state index contributed by atoms with van der Waals surface area (Å²) in [6.45, 7) is 5.49. The van der Waals surface area contributed by atoms with Crippen LogP contribution in [0, 0.1) is 0 Å². The summed E-state index contributed by atoms with van der Waals surface area (Å²) >= 11 is 0. The maximum Gasteiger partial charge on any atom is 1.00 e. The van der Waals surface area contributed by atoms with Crippen molar-refractivity contribution in [3.63, 3.8) is 0 Å². The molecule has 0 aromatic rings. The Morgan fingerprint density at radius 1 is 0.688 bits per heavy atom. The van der Waals surface area contributed by atoms with Gasteiger partial charge in [0.15, 0.2) is 0 Å². The maximum atomic E-state index is 9.35. The molecule has 0 heterocycles. The van der Waals surface area contributed by atoms with Gasteiger partial charge in [0.2, 0.25) is 0 Å². The van der Waals surface area contributed by atoms with Crippen molar-refractivity contribution < 1.29 is 147 Å². The van der Waals surface area contributed by atoms with Crippen LogP contribution in [0.15, 0.2) is 24.8 Å². The van der Waals surface area contributed by atoms with E-state index in [-0.39, 0.29) is 118 Å². The van der Waals surface area contributed by atoms with E-state index in [0.29, 0.717) is 11.6 Å². The van der Waals surface area contributed by atoms with E-state index in [1.807, 2.05) is 0 Å². The molecule has 0 atom stereocenters. The van der Waals surface area contributed by atoms with Gasteiger partial charge in [-0.3, -0.25) is 0 Å². The van der Waals surface area contributed by atoms with E-state index in [1.54, 1.807) is 0 Å². The molecule has 0 aromatic heterocycles. The first-order valence-corrected chi connectivity index (χ1v) is 5.65. The van der Waals surface area contributed by atoms with E-state index in [1.165, 1.54) is 0 Å². The fourth-order valence-electron chi connectivity index (χ4n) is 0. The Hall–Kier alpha value is 3.78. The quantitative estimate of drug-likeness (QED) is 0.368. The zero-order chi connectivity index (χ0) is 10.4. The summed E-state index contributed by atoms with van der Waals surface area (Å²) in [5, 5.41) is 0. The van der Waals surface area contributed by atoms with Crippen LogP contribution in [-0.2, 0) is 9.13 Å². The number of rotatable bonds is 2. The second-order valence-electron chi connectivity index (χ2n) is 1.44. The molecule has 0 radical (unpaired) electrons. The molecule has 0 N–H and O–H groups in total. The molecule has 0 rings (SSSR count). The van der Waals surface area contributed by atoms with Crippen LogP contribution < -0.4 is 138 Å². The van der Waals surface area contributed by atoms with Crippen molar-refractivity contribution in [1.29, 1.82) is 0 Å². The first kappa shape index (κ1) is 36.7. The Balaban J connectivity index is -0.0000000250. The summed E-state index contributed by atoms with van der Waals surface area (Å²) in [7, 11) is -8.77. The van der Waals surface area contributed by atoms with Crippen molar-refractivity contribution >= 4 is 15.2 Å². The second-order valence-corrected chi connectivity index (χ2v) is 4.33. The van der Waals surface area contributed by atoms with E-state index in [9.17, 15) is 28.7 Å². The largest absolute Gasteiger partial charge is 1.00 e. The van der Waals surface area contributed by atoms with Crippen LogP contribution in [0.25, 0.3) is 0 Å². The summed E-state index contributed by atoms with van der Waals surface area (Å²) in [4.78, 5) is 37.4. The minimum atomic E-state index is -4.38. The minimum Gasteiger partial charge on any atom is -0.808 e. The smallest absolute Gasteiger partial charge is 0.808 e. The van der Waals surface area contributed by atoms with Gasteiger partial charge in [0.05, 0.1) is 0 Å². The van der Waals surface area contributed by atoms with E-state index in [2.05, 4.69) is 13.2 Å². The monoisotopic (exact) mass is 304 g/mol. The van der Waals surface area contributed by atoms with E-state index < -0.39 is 15.2 Å². The third-order valence-corrected chi connectivity index (χ3v) is 1.34. The van der Waals surface area contributed by atoms with Crippen LogP contribution >= 0.6 is 15.2 Å². The minimum absolute atomic E-state index is 0.